The lowest BCUT2D eigenvalue weighted by molar-refractivity contribution is -0.141. The summed E-state index contributed by atoms with van der Waals surface area (Å²) in [6, 6.07) is 2.17. The second kappa shape index (κ2) is 6.54. The lowest BCUT2D eigenvalue weighted by atomic mass is 10.2. The molecule has 3 N–H and O–H groups in total. The van der Waals surface area contributed by atoms with Crippen molar-refractivity contribution in [1.29, 1.82) is 0 Å². The number of nitrogen functional groups attached to an aromatic ring is 1. The molecule has 4 rings (SSSR count). The standard InChI is InChI=1S/C16H10F4N8O/c17-8-5-23-14-12(13(21)26-28(14)7-8)15(29)24-9-6-22-3-1-10(9)27-4-2-11(25-27)16(18,19)20/h1-7H,(H2,21,26)(H,24,29). The minimum atomic E-state index is -4.62. The predicted molar refractivity (Wildman–Crippen MR) is 91.7 cm³/mol. The summed E-state index contributed by atoms with van der Waals surface area (Å²) in [6.45, 7) is 0. The molecule has 4 heterocycles. The maximum atomic E-state index is 13.3. The molecule has 0 aliphatic rings. The van der Waals surface area contributed by atoms with E-state index >= 15 is 0 Å². The van der Waals surface area contributed by atoms with E-state index in [1.807, 2.05) is 0 Å². The van der Waals surface area contributed by atoms with E-state index in [4.69, 9.17) is 5.73 Å². The monoisotopic (exact) mass is 406 g/mol. The largest absolute Gasteiger partial charge is 0.435 e. The molecule has 13 heteroatoms. The van der Waals surface area contributed by atoms with Crippen LogP contribution >= 0.6 is 0 Å². The van der Waals surface area contributed by atoms with Crippen LogP contribution in [-0.2, 0) is 6.18 Å². The van der Waals surface area contributed by atoms with Crippen molar-refractivity contribution in [2.75, 3.05) is 11.1 Å². The number of anilines is 2. The van der Waals surface area contributed by atoms with Gasteiger partial charge in [-0.15, -0.1) is 5.10 Å². The number of pyridine rings is 1. The third-order valence-corrected chi connectivity index (χ3v) is 3.87. The molecule has 0 radical (unpaired) electrons. The van der Waals surface area contributed by atoms with Gasteiger partial charge in [0.2, 0.25) is 0 Å². The highest BCUT2D eigenvalue weighted by Crippen LogP contribution is 2.29. The van der Waals surface area contributed by atoms with Crippen molar-refractivity contribution < 1.29 is 22.4 Å². The summed E-state index contributed by atoms with van der Waals surface area (Å²) < 4.78 is 53.7. The van der Waals surface area contributed by atoms with Crippen molar-refractivity contribution in [2.45, 2.75) is 6.18 Å². The number of amides is 1. The van der Waals surface area contributed by atoms with Crippen LogP contribution < -0.4 is 11.1 Å². The molecule has 0 fully saturated rings. The van der Waals surface area contributed by atoms with Crippen LogP contribution in [0.4, 0.5) is 29.1 Å². The normalized spacial score (nSPS) is 11.7. The Bertz CT molecular complexity index is 1230. The Morgan fingerprint density at radius 2 is 1.97 bits per heavy atom. The molecular formula is C16H10F4N8O. The molecule has 0 aromatic carbocycles. The Kier molecular flexibility index (Phi) is 4.14. The lowest BCUT2D eigenvalue weighted by Crippen LogP contribution is -2.16. The van der Waals surface area contributed by atoms with Crippen molar-refractivity contribution >= 4 is 23.1 Å². The van der Waals surface area contributed by atoms with Gasteiger partial charge >= 0.3 is 6.18 Å². The molecule has 148 valence electrons. The number of hydrogen-bond acceptors (Lipinski definition) is 6. The Morgan fingerprint density at radius 1 is 1.17 bits per heavy atom. The third kappa shape index (κ3) is 3.33. The van der Waals surface area contributed by atoms with Gasteiger partial charge in [-0.05, 0) is 12.1 Å². The molecule has 9 nitrogen and oxygen atoms in total. The SMILES string of the molecule is Nc1nn2cc(F)cnc2c1C(=O)Nc1cnccc1-n1ccc(C(F)(F)F)n1. The fourth-order valence-electron chi connectivity index (χ4n) is 2.62. The van der Waals surface area contributed by atoms with E-state index in [9.17, 15) is 22.4 Å². The molecule has 0 aliphatic carbocycles. The lowest BCUT2D eigenvalue weighted by Gasteiger charge is -2.10. The number of fused-ring (bicyclic) bond motifs is 1. The van der Waals surface area contributed by atoms with E-state index in [0.717, 1.165) is 33.9 Å². The maximum absolute atomic E-state index is 13.3. The van der Waals surface area contributed by atoms with E-state index in [1.54, 1.807) is 0 Å². The van der Waals surface area contributed by atoms with Crippen molar-refractivity contribution in [3.05, 3.63) is 60.2 Å². The fourth-order valence-corrected chi connectivity index (χ4v) is 2.62. The van der Waals surface area contributed by atoms with E-state index in [-0.39, 0.29) is 28.4 Å². The first-order valence-electron chi connectivity index (χ1n) is 7.92. The van der Waals surface area contributed by atoms with Gasteiger partial charge in [-0.1, -0.05) is 0 Å². The summed E-state index contributed by atoms with van der Waals surface area (Å²) in [4.78, 5) is 20.4. The summed E-state index contributed by atoms with van der Waals surface area (Å²) in [7, 11) is 0. The van der Waals surface area contributed by atoms with Gasteiger partial charge < -0.3 is 11.1 Å². The molecule has 0 bridgehead atoms. The molecule has 4 aromatic rings. The van der Waals surface area contributed by atoms with Crippen LogP contribution in [0.1, 0.15) is 16.1 Å². The average Bonchev–Trinajstić information content (AvgIpc) is 3.25. The van der Waals surface area contributed by atoms with Crippen molar-refractivity contribution in [3.63, 3.8) is 0 Å². The number of alkyl halides is 3. The van der Waals surface area contributed by atoms with Gasteiger partial charge in [-0.25, -0.2) is 18.6 Å². The fraction of sp³-hybridized carbons (Fsp3) is 0.0625. The molecular weight excluding hydrogens is 396 g/mol. The second-order valence-corrected chi connectivity index (χ2v) is 5.79. The molecule has 0 aliphatic heterocycles. The highest BCUT2D eigenvalue weighted by atomic mass is 19.4. The van der Waals surface area contributed by atoms with Crippen LogP contribution in [0.2, 0.25) is 0 Å². The molecule has 0 saturated heterocycles. The molecule has 0 spiro atoms. The van der Waals surface area contributed by atoms with Crippen LogP contribution in [-0.4, -0.2) is 35.3 Å². The van der Waals surface area contributed by atoms with Gasteiger partial charge in [0.1, 0.15) is 5.56 Å². The number of nitrogens with two attached hydrogens (primary N) is 1. The quantitative estimate of drug-likeness (QED) is 0.505. The highest BCUT2D eigenvalue weighted by molar-refractivity contribution is 6.12. The van der Waals surface area contributed by atoms with E-state index in [0.29, 0.717) is 0 Å². The first-order valence-corrected chi connectivity index (χ1v) is 7.92. The molecule has 0 unspecified atom stereocenters. The van der Waals surface area contributed by atoms with E-state index in [1.165, 1.54) is 18.5 Å². The smallest absolute Gasteiger partial charge is 0.381 e. The Hall–Kier alpha value is -4.03. The van der Waals surface area contributed by atoms with Gasteiger partial charge in [0.05, 0.1) is 30.0 Å². The minimum Gasteiger partial charge on any atom is -0.381 e. The number of nitrogens with one attached hydrogen (secondary N) is 1. The summed E-state index contributed by atoms with van der Waals surface area (Å²) >= 11 is 0. The van der Waals surface area contributed by atoms with Gasteiger partial charge in [0, 0.05) is 12.4 Å². The number of carbonyl (C=O) groups excluding carboxylic acids is 1. The van der Waals surface area contributed by atoms with Crippen LogP contribution in [0.5, 0.6) is 0 Å². The Morgan fingerprint density at radius 3 is 2.69 bits per heavy atom. The van der Waals surface area contributed by atoms with Gasteiger partial charge in [0.25, 0.3) is 5.91 Å². The number of nitrogens with zero attached hydrogens (tertiary/aromatic N) is 6. The minimum absolute atomic E-state index is 0.00490. The van der Waals surface area contributed by atoms with Crippen molar-refractivity contribution in [3.8, 4) is 5.69 Å². The van der Waals surface area contributed by atoms with Crippen molar-refractivity contribution in [1.82, 2.24) is 29.4 Å². The van der Waals surface area contributed by atoms with E-state index < -0.39 is 23.6 Å². The maximum Gasteiger partial charge on any atom is 0.435 e. The predicted octanol–water partition coefficient (Wildman–Crippen LogP) is 2.30. The summed E-state index contributed by atoms with van der Waals surface area (Å²) in [5.74, 6) is -1.64. The van der Waals surface area contributed by atoms with Gasteiger partial charge in [-0.2, -0.15) is 18.3 Å². The molecule has 4 aromatic heterocycles. The van der Waals surface area contributed by atoms with Crippen molar-refractivity contribution in [2.24, 2.45) is 0 Å². The summed E-state index contributed by atoms with van der Waals surface area (Å²) in [5, 5.41) is 9.79. The van der Waals surface area contributed by atoms with E-state index in [2.05, 4.69) is 25.5 Å². The number of rotatable bonds is 3. The zero-order chi connectivity index (χ0) is 20.8. The third-order valence-electron chi connectivity index (χ3n) is 3.87. The van der Waals surface area contributed by atoms with Crippen LogP contribution in [0.3, 0.4) is 0 Å². The zero-order valence-corrected chi connectivity index (χ0v) is 14.2. The van der Waals surface area contributed by atoms with Gasteiger partial charge in [-0.3, -0.25) is 9.78 Å². The summed E-state index contributed by atoms with van der Waals surface area (Å²) in [6.07, 6.45) is 0.930. The van der Waals surface area contributed by atoms with Crippen LogP contribution in [0, 0.1) is 5.82 Å². The summed E-state index contributed by atoms with van der Waals surface area (Å²) in [5.41, 5.74) is 4.73. The molecule has 0 saturated carbocycles. The number of carbonyl (C=O) groups is 1. The molecule has 0 atom stereocenters. The van der Waals surface area contributed by atoms with Crippen LogP contribution in [0.25, 0.3) is 11.3 Å². The number of aromatic nitrogens is 6. The second-order valence-electron chi connectivity index (χ2n) is 5.79. The molecule has 29 heavy (non-hydrogen) atoms. The average molecular weight is 406 g/mol. The number of hydrogen-bond donors (Lipinski definition) is 2. The van der Waals surface area contributed by atoms with Gasteiger partial charge in [0.15, 0.2) is 23.0 Å². The first-order chi connectivity index (χ1) is 13.7. The first kappa shape index (κ1) is 18.3. The topological polar surface area (TPSA) is 116 Å². The van der Waals surface area contributed by atoms with Crippen LogP contribution in [0.15, 0.2) is 43.1 Å². The highest BCUT2D eigenvalue weighted by Gasteiger charge is 2.33. The number of halogens is 4. The zero-order valence-electron chi connectivity index (χ0n) is 14.2. The molecule has 1 amide bonds. The Labute approximate surface area is 158 Å². The Balaban J connectivity index is 1.70.